The first-order valence-electron chi connectivity index (χ1n) is 7.56. The molecule has 4 N–H and O–H groups in total. The van der Waals surface area contributed by atoms with Crippen LogP contribution in [0, 0.1) is 0 Å². The fourth-order valence-corrected chi connectivity index (χ4v) is 2.05. The maximum atomic E-state index is 12.1. The van der Waals surface area contributed by atoms with Crippen molar-refractivity contribution in [2.75, 3.05) is 34.5 Å². The molecule has 1 aromatic carbocycles. The lowest BCUT2D eigenvalue weighted by Crippen LogP contribution is -2.22. The monoisotopic (exact) mass is 339 g/mol. The summed E-state index contributed by atoms with van der Waals surface area (Å²) in [6.45, 7) is 0.889. The summed E-state index contributed by atoms with van der Waals surface area (Å²) in [7, 11) is 4.48. The molecular weight excluding hydrogens is 314 g/mol. The van der Waals surface area contributed by atoms with E-state index < -0.39 is 5.97 Å². The van der Waals surface area contributed by atoms with Crippen molar-refractivity contribution in [3.63, 3.8) is 0 Å². The first-order valence-corrected chi connectivity index (χ1v) is 7.56. The maximum absolute atomic E-state index is 12.1. The number of rotatable bonds is 10. The predicted octanol–water partition coefficient (Wildman–Crippen LogP) is 1.31. The number of nitrogens with two attached hydrogens (primary N) is 2. The molecule has 0 fully saturated rings. The highest BCUT2D eigenvalue weighted by molar-refractivity contribution is 5.91. The van der Waals surface area contributed by atoms with Crippen LogP contribution in [-0.4, -0.2) is 46.4 Å². The smallest absolute Gasteiger partial charge is 0.338 e. The van der Waals surface area contributed by atoms with Gasteiger partial charge in [-0.2, -0.15) is 0 Å². The maximum Gasteiger partial charge on any atom is 0.338 e. The third-order valence-corrected chi connectivity index (χ3v) is 3.23. The van der Waals surface area contributed by atoms with E-state index in [2.05, 4.69) is 4.99 Å². The number of esters is 1. The fourth-order valence-electron chi connectivity index (χ4n) is 2.05. The zero-order chi connectivity index (χ0) is 17.9. The number of guanidine groups is 1. The van der Waals surface area contributed by atoms with Gasteiger partial charge in [-0.05, 0) is 31.4 Å². The minimum absolute atomic E-state index is 0.0869. The Hall–Kier alpha value is -2.64. The lowest BCUT2D eigenvalue weighted by Gasteiger charge is -2.13. The molecule has 24 heavy (non-hydrogen) atoms. The van der Waals surface area contributed by atoms with Gasteiger partial charge < -0.3 is 30.4 Å². The molecule has 0 aliphatic carbocycles. The van der Waals surface area contributed by atoms with Crippen molar-refractivity contribution in [3.05, 3.63) is 17.7 Å². The van der Waals surface area contributed by atoms with E-state index in [0.717, 1.165) is 19.3 Å². The first-order chi connectivity index (χ1) is 11.5. The molecule has 8 heteroatoms. The molecule has 8 nitrogen and oxygen atoms in total. The summed E-state index contributed by atoms with van der Waals surface area (Å²) in [4.78, 5) is 16.0. The van der Waals surface area contributed by atoms with Crippen molar-refractivity contribution in [2.45, 2.75) is 19.3 Å². The molecule has 0 unspecified atom stereocenters. The normalized spacial score (nSPS) is 9.96. The second-order valence-corrected chi connectivity index (χ2v) is 4.92. The Balaban J connectivity index is 2.54. The topological polar surface area (TPSA) is 118 Å². The lowest BCUT2D eigenvalue weighted by molar-refractivity contribution is 0.0497. The summed E-state index contributed by atoms with van der Waals surface area (Å²) in [6.07, 6.45) is 2.43. The van der Waals surface area contributed by atoms with E-state index in [4.69, 9.17) is 30.4 Å². The van der Waals surface area contributed by atoms with Crippen LogP contribution in [0.5, 0.6) is 17.2 Å². The molecule has 0 bridgehead atoms. The molecule has 0 aliphatic rings. The molecule has 0 atom stereocenters. The second kappa shape index (κ2) is 10.2. The van der Waals surface area contributed by atoms with Gasteiger partial charge in [0.05, 0.1) is 33.5 Å². The number of nitrogens with zero attached hydrogens (tertiary/aromatic N) is 1. The third-order valence-electron chi connectivity index (χ3n) is 3.23. The predicted molar refractivity (Wildman–Crippen MR) is 90.9 cm³/mol. The van der Waals surface area contributed by atoms with Gasteiger partial charge in [0, 0.05) is 6.54 Å². The van der Waals surface area contributed by atoms with Gasteiger partial charge in [-0.3, -0.25) is 4.99 Å². The minimum atomic E-state index is -0.446. The van der Waals surface area contributed by atoms with Crippen LogP contribution in [0.1, 0.15) is 29.6 Å². The first kappa shape index (κ1) is 19.4. The number of benzene rings is 1. The van der Waals surface area contributed by atoms with Crippen molar-refractivity contribution in [1.29, 1.82) is 0 Å². The number of aliphatic imine (C=N–C) groups is 1. The average molecular weight is 339 g/mol. The summed E-state index contributed by atoms with van der Waals surface area (Å²) in [6, 6.07) is 3.12. The lowest BCUT2D eigenvalue weighted by atomic mass is 10.2. The van der Waals surface area contributed by atoms with Crippen LogP contribution in [0.15, 0.2) is 17.1 Å². The molecule has 1 aromatic rings. The number of carbonyl (C=O) groups is 1. The Labute approximate surface area is 141 Å². The Morgan fingerprint density at radius 2 is 1.62 bits per heavy atom. The quantitative estimate of drug-likeness (QED) is 0.285. The highest BCUT2D eigenvalue weighted by Crippen LogP contribution is 2.38. The highest BCUT2D eigenvalue weighted by Gasteiger charge is 2.17. The average Bonchev–Trinajstić information content (AvgIpc) is 2.58. The van der Waals surface area contributed by atoms with Crippen LogP contribution < -0.4 is 25.7 Å². The van der Waals surface area contributed by atoms with Gasteiger partial charge in [0.25, 0.3) is 0 Å². The zero-order valence-corrected chi connectivity index (χ0v) is 14.3. The van der Waals surface area contributed by atoms with Crippen LogP contribution >= 0.6 is 0 Å². The Morgan fingerprint density at radius 1 is 1.00 bits per heavy atom. The van der Waals surface area contributed by atoms with Crippen LogP contribution in [0.25, 0.3) is 0 Å². The molecule has 0 spiro atoms. The van der Waals surface area contributed by atoms with Crippen molar-refractivity contribution >= 4 is 11.9 Å². The number of hydrogen-bond donors (Lipinski definition) is 2. The molecule has 0 saturated carbocycles. The van der Waals surface area contributed by atoms with Crippen molar-refractivity contribution < 1.29 is 23.7 Å². The van der Waals surface area contributed by atoms with Gasteiger partial charge in [-0.1, -0.05) is 0 Å². The molecule has 134 valence electrons. The molecule has 0 saturated heterocycles. The van der Waals surface area contributed by atoms with Crippen molar-refractivity contribution in [3.8, 4) is 17.2 Å². The standard InChI is InChI=1S/C16H25N3O5/c1-21-12-9-11(10-13(22-2)14(12)23-3)15(20)24-8-6-4-5-7-19-16(17)18/h9-10H,4-8H2,1-3H3,(H4,17,18,19). The fraction of sp³-hybridized carbons (Fsp3) is 0.500. The largest absolute Gasteiger partial charge is 0.493 e. The van der Waals surface area contributed by atoms with E-state index in [1.165, 1.54) is 21.3 Å². The molecular formula is C16H25N3O5. The molecule has 1 rings (SSSR count). The molecule has 0 radical (unpaired) electrons. The summed E-state index contributed by atoms with van der Waals surface area (Å²) in [5.74, 6) is 0.876. The van der Waals surface area contributed by atoms with E-state index in [1.807, 2.05) is 0 Å². The SMILES string of the molecule is COc1cc(C(=O)OCCCCCN=C(N)N)cc(OC)c1OC. The van der Waals surface area contributed by atoms with Crippen LogP contribution in [0.3, 0.4) is 0 Å². The summed E-state index contributed by atoms with van der Waals surface area (Å²) < 4.78 is 20.9. The van der Waals surface area contributed by atoms with Gasteiger partial charge in [0.2, 0.25) is 5.75 Å². The van der Waals surface area contributed by atoms with Crippen LogP contribution in [0.4, 0.5) is 0 Å². The molecule has 0 aliphatic heterocycles. The van der Waals surface area contributed by atoms with Gasteiger partial charge in [-0.15, -0.1) is 0 Å². The Morgan fingerprint density at radius 3 is 2.12 bits per heavy atom. The summed E-state index contributed by atoms with van der Waals surface area (Å²) in [5, 5.41) is 0. The highest BCUT2D eigenvalue weighted by atomic mass is 16.5. The van der Waals surface area contributed by atoms with E-state index in [1.54, 1.807) is 12.1 Å². The van der Waals surface area contributed by atoms with Gasteiger partial charge in [-0.25, -0.2) is 4.79 Å². The van der Waals surface area contributed by atoms with E-state index in [0.29, 0.717) is 36.0 Å². The summed E-state index contributed by atoms with van der Waals surface area (Å²) >= 11 is 0. The van der Waals surface area contributed by atoms with E-state index in [9.17, 15) is 4.79 Å². The minimum Gasteiger partial charge on any atom is -0.493 e. The second-order valence-electron chi connectivity index (χ2n) is 4.92. The summed E-state index contributed by atoms with van der Waals surface area (Å²) in [5.41, 5.74) is 10.8. The van der Waals surface area contributed by atoms with Gasteiger partial charge >= 0.3 is 5.97 Å². The number of carbonyl (C=O) groups excluding carboxylic acids is 1. The Bertz CT molecular complexity index is 546. The number of methoxy groups -OCH3 is 3. The van der Waals surface area contributed by atoms with E-state index in [-0.39, 0.29) is 5.96 Å². The zero-order valence-electron chi connectivity index (χ0n) is 14.3. The van der Waals surface area contributed by atoms with Crippen LogP contribution in [0.2, 0.25) is 0 Å². The molecule has 0 aromatic heterocycles. The van der Waals surface area contributed by atoms with Gasteiger partial charge in [0.15, 0.2) is 17.5 Å². The number of unbranched alkanes of at least 4 members (excludes halogenated alkanes) is 2. The number of ether oxygens (including phenoxy) is 4. The van der Waals surface area contributed by atoms with Crippen molar-refractivity contribution in [1.82, 2.24) is 0 Å². The Kier molecular flexibility index (Phi) is 8.24. The van der Waals surface area contributed by atoms with Gasteiger partial charge in [0.1, 0.15) is 0 Å². The third kappa shape index (κ3) is 5.86. The van der Waals surface area contributed by atoms with Crippen LogP contribution in [-0.2, 0) is 4.74 Å². The molecule has 0 heterocycles. The van der Waals surface area contributed by atoms with Crippen molar-refractivity contribution in [2.24, 2.45) is 16.5 Å². The number of hydrogen-bond acceptors (Lipinski definition) is 6. The molecule has 0 amide bonds. The van der Waals surface area contributed by atoms with E-state index >= 15 is 0 Å².